The molecule has 0 aliphatic rings. The van der Waals surface area contributed by atoms with Crippen LogP contribution in [0.3, 0.4) is 0 Å². The van der Waals surface area contributed by atoms with Crippen molar-refractivity contribution in [1.82, 2.24) is 24.8 Å². The Morgan fingerprint density at radius 1 is 1.33 bits per heavy atom. The Bertz CT molecular complexity index is 836. The van der Waals surface area contributed by atoms with Crippen molar-refractivity contribution in [2.45, 2.75) is 33.4 Å². The summed E-state index contributed by atoms with van der Waals surface area (Å²) in [6.07, 6.45) is 2.50. The zero-order valence-corrected chi connectivity index (χ0v) is 14.1. The van der Waals surface area contributed by atoms with Gasteiger partial charge >= 0.3 is 0 Å². The monoisotopic (exact) mass is 327 g/mol. The van der Waals surface area contributed by atoms with E-state index in [1.54, 1.807) is 22.8 Å². The number of nitrogens with zero attached hydrogens (tertiary/aromatic N) is 5. The summed E-state index contributed by atoms with van der Waals surface area (Å²) in [6, 6.07) is 7.81. The van der Waals surface area contributed by atoms with Crippen LogP contribution in [-0.2, 0) is 24.3 Å². The van der Waals surface area contributed by atoms with Gasteiger partial charge in [0.25, 0.3) is 0 Å². The molecule has 0 fully saturated rings. The third kappa shape index (κ3) is 3.61. The molecule has 1 amide bonds. The predicted molar refractivity (Wildman–Crippen MR) is 89.0 cm³/mol. The lowest BCUT2D eigenvalue weighted by atomic mass is 10.1. The summed E-state index contributed by atoms with van der Waals surface area (Å²) in [5, 5.41) is 9.24. The highest BCUT2D eigenvalue weighted by atomic mass is 16.5. The quantitative estimate of drug-likeness (QED) is 0.694. The fourth-order valence-corrected chi connectivity index (χ4v) is 2.49. The van der Waals surface area contributed by atoms with Crippen LogP contribution in [0.5, 0.6) is 0 Å². The molecule has 1 aromatic carbocycles. The minimum atomic E-state index is -0.0564. The number of aromatic nitrogens is 4. The van der Waals surface area contributed by atoms with Gasteiger partial charge in [-0.05, 0) is 12.0 Å². The maximum atomic E-state index is 12.4. The molecule has 3 rings (SSSR count). The number of fused-ring (bicyclic) bond motifs is 1. The van der Waals surface area contributed by atoms with E-state index in [1.165, 1.54) is 0 Å². The van der Waals surface area contributed by atoms with Crippen LogP contribution in [0, 0.1) is 5.92 Å². The Kier molecular flexibility index (Phi) is 4.59. The van der Waals surface area contributed by atoms with Gasteiger partial charge in [-0.15, -0.1) is 0 Å². The molecule has 126 valence electrons. The van der Waals surface area contributed by atoms with E-state index in [2.05, 4.69) is 29.1 Å². The zero-order valence-electron chi connectivity index (χ0n) is 14.1. The largest absolute Gasteiger partial charge is 0.339 e. The third-order valence-corrected chi connectivity index (χ3v) is 3.73. The average Bonchev–Trinajstić information content (AvgIpc) is 3.14. The Balaban J connectivity index is 1.63. The minimum Gasteiger partial charge on any atom is -0.339 e. The maximum absolute atomic E-state index is 12.4. The Labute approximate surface area is 140 Å². The zero-order chi connectivity index (χ0) is 17.1. The van der Waals surface area contributed by atoms with Crippen molar-refractivity contribution in [3.05, 3.63) is 42.2 Å². The van der Waals surface area contributed by atoms with Crippen LogP contribution >= 0.6 is 0 Å². The molecule has 0 saturated carbocycles. The number of carbonyl (C=O) groups is 1. The number of carbonyl (C=O) groups excluding carboxylic acids is 1. The molecule has 0 unspecified atom stereocenters. The average molecular weight is 327 g/mol. The third-order valence-electron chi connectivity index (χ3n) is 3.73. The number of benzene rings is 1. The van der Waals surface area contributed by atoms with Crippen LogP contribution in [0.25, 0.3) is 10.9 Å². The molecule has 0 saturated heterocycles. The number of likely N-dealkylation sites (N-methyl/N-ethyl adjacent to an activating group) is 1. The van der Waals surface area contributed by atoms with Gasteiger partial charge in [-0.25, -0.2) is 0 Å². The summed E-state index contributed by atoms with van der Waals surface area (Å²) < 4.78 is 6.91. The molecule has 0 radical (unpaired) electrons. The molecule has 0 aliphatic carbocycles. The predicted octanol–water partition coefficient (Wildman–Crippen LogP) is 2.28. The smallest absolute Gasteiger partial charge is 0.244 e. The summed E-state index contributed by atoms with van der Waals surface area (Å²) in [5.74, 6) is 1.52. The first-order chi connectivity index (χ1) is 11.5. The SMILES string of the molecule is CC(C)Cc1nc(CN(C)C(=O)Cn2ncc3ccccc32)no1. The normalized spacial score (nSPS) is 11.3. The highest BCUT2D eigenvalue weighted by Gasteiger charge is 2.15. The van der Waals surface area contributed by atoms with Crippen molar-refractivity contribution in [3.8, 4) is 0 Å². The van der Waals surface area contributed by atoms with Gasteiger partial charge in [-0.2, -0.15) is 10.1 Å². The maximum Gasteiger partial charge on any atom is 0.244 e. The lowest BCUT2D eigenvalue weighted by molar-refractivity contribution is -0.131. The second-order valence-electron chi connectivity index (χ2n) is 6.31. The second kappa shape index (κ2) is 6.82. The Morgan fingerprint density at radius 3 is 2.92 bits per heavy atom. The van der Waals surface area contributed by atoms with E-state index >= 15 is 0 Å². The van der Waals surface area contributed by atoms with Crippen LogP contribution in [0.2, 0.25) is 0 Å². The molecule has 3 aromatic rings. The van der Waals surface area contributed by atoms with Gasteiger partial charge in [-0.1, -0.05) is 37.2 Å². The number of rotatable bonds is 6. The first-order valence-corrected chi connectivity index (χ1v) is 7.99. The van der Waals surface area contributed by atoms with E-state index in [9.17, 15) is 4.79 Å². The van der Waals surface area contributed by atoms with Gasteiger partial charge in [0.15, 0.2) is 5.82 Å². The minimum absolute atomic E-state index is 0.0564. The van der Waals surface area contributed by atoms with Crippen LogP contribution in [-0.4, -0.2) is 37.8 Å². The summed E-state index contributed by atoms with van der Waals surface area (Å²) >= 11 is 0. The molecular weight excluding hydrogens is 306 g/mol. The topological polar surface area (TPSA) is 77.1 Å². The summed E-state index contributed by atoms with van der Waals surface area (Å²) in [7, 11) is 1.73. The van der Waals surface area contributed by atoms with Crippen molar-refractivity contribution in [2.24, 2.45) is 5.92 Å². The van der Waals surface area contributed by atoms with Gasteiger partial charge in [0.1, 0.15) is 6.54 Å². The lowest BCUT2D eigenvalue weighted by Gasteiger charge is -2.15. The van der Waals surface area contributed by atoms with E-state index in [1.807, 2.05) is 24.3 Å². The van der Waals surface area contributed by atoms with Crippen molar-refractivity contribution in [3.63, 3.8) is 0 Å². The van der Waals surface area contributed by atoms with Gasteiger partial charge < -0.3 is 9.42 Å². The molecule has 0 spiro atoms. The summed E-state index contributed by atoms with van der Waals surface area (Å²) in [4.78, 5) is 18.3. The molecule has 7 nitrogen and oxygen atoms in total. The van der Waals surface area contributed by atoms with Crippen molar-refractivity contribution in [2.75, 3.05) is 7.05 Å². The highest BCUT2D eigenvalue weighted by Crippen LogP contribution is 2.13. The number of hydrogen-bond donors (Lipinski definition) is 0. The van der Waals surface area contributed by atoms with E-state index in [0.717, 1.165) is 17.3 Å². The van der Waals surface area contributed by atoms with Crippen molar-refractivity contribution < 1.29 is 9.32 Å². The Hall–Kier alpha value is -2.70. The molecule has 0 bridgehead atoms. The molecule has 0 atom stereocenters. The van der Waals surface area contributed by atoms with E-state index in [-0.39, 0.29) is 12.5 Å². The lowest BCUT2D eigenvalue weighted by Crippen LogP contribution is -2.30. The van der Waals surface area contributed by atoms with E-state index in [4.69, 9.17) is 4.52 Å². The molecule has 0 N–H and O–H groups in total. The first kappa shape index (κ1) is 16.2. The van der Waals surface area contributed by atoms with Gasteiger partial charge in [0, 0.05) is 18.9 Å². The highest BCUT2D eigenvalue weighted by molar-refractivity contribution is 5.81. The standard InChI is InChI=1S/C17H21N5O2/c1-12(2)8-16-19-15(20-24-16)10-21(3)17(23)11-22-14-7-5-4-6-13(14)9-18-22/h4-7,9,12H,8,10-11H2,1-3H3. The molecule has 2 heterocycles. The van der Waals surface area contributed by atoms with E-state index in [0.29, 0.717) is 24.2 Å². The van der Waals surface area contributed by atoms with E-state index < -0.39 is 0 Å². The molecule has 7 heteroatoms. The molecule has 24 heavy (non-hydrogen) atoms. The van der Waals surface area contributed by atoms with Gasteiger partial charge in [0.05, 0.1) is 18.3 Å². The van der Waals surface area contributed by atoms with Crippen LogP contribution in [0.4, 0.5) is 0 Å². The fraction of sp³-hybridized carbons (Fsp3) is 0.412. The molecule has 2 aromatic heterocycles. The Morgan fingerprint density at radius 2 is 2.12 bits per heavy atom. The summed E-state index contributed by atoms with van der Waals surface area (Å²) in [5.41, 5.74) is 0.943. The molecule has 0 aliphatic heterocycles. The van der Waals surface area contributed by atoms with Crippen LogP contribution in [0.15, 0.2) is 35.0 Å². The number of para-hydroxylation sites is 1. The van der Waals surface area contributed by atoms with Gasteiger partial charge in [-0.3, -0.25) is 9.48 Å². The first-order valence-electron chi connectivity index (χ1n) is 7.99. The second-order valence-corrected chi connectivity index (χ2v) is 6.31. The number of hydrogen-bond acceptors (Lipinski definition) is 5. The molecular formula is C17H21N5O2. The van der Waals surface area contributed by atoms with Gasteiger partial charge in [0.2, 0.25) is 11.8 Å². The number of amides is 1. The van der Waals surface area contributed by atoms with Crippen LogP contribution in [0.1, 0.15) is 25.6 Å². The summed E-state index contributed by atoms with van der Waals surface area (Å²) in [6.45, 7) is 4.68. The van der Waals surface area contributed by atoms with Crippen LogP contribution < -0.4 is 0 Å². The van der Waals surface area contributed by atoms with Crippen molar-refractivity contribution >= 4 is 16.8 Å². The fourth-order valence-electron chi connectivity index (χ4n) is 2.49. The van der Waals surface area contributed by atoms with Crippen molar-refractivity contribution in [1.29, 1.82) is 0 Å².